The number of amides is 1. The summed E-state index contributed by atoms with van der Waals surface area (Å²) in [5, 5.41) is 0. The molecule has 1 fully saturated rings. The van der Waals surface area contributed by atoms with Crippen molar-refractivity contribution in [2.75, 3.05) is 43.6 Å². The van der Waals surface area contributed by atoms with Gasteiger partial charge in [0.15, 0.2) is 0 Å². The van der Waals surface area contributed by atoms with Gasteiger partial charge < -0.3 is 21.0 Å². The van der Waals surface area contributed by atoms with E-state index in [4.69, 9.17) is 5.73 Å². The van der Waals surface area contributed by atoms with Crippen LogP contribution >= 0.6 is 0 Å². The van der Waals surface area contributed by atoms with Crippen LogP contribution in [0.4, 0.5) is 18.9 Å². The first-order chi connectivity index (χ1) is 14.2. The monoisotopic (exact) mass is 422 g/mol. The van der Waals surface area contributed by atoms with Crippen LogP contribution in [-0.4, -0.2) is 54.5 Å². The van der Waals surface area contributed by atoms with Crippen LogP contribution in [0.15, 0.2) is 41.5 Å². The van der Waals surface area contributed by atoms with E-state index in [1.807, 2.05) is 12.3 Å². The summed E-state index contributed by atoms with van der Waals surface area (Å²) < 4.78 is 40.4. The van der Waals surface area contributed by atoms with Crippen LogP contribution in [0.25, 0.3) is 0 Å². The lowest BCUT2D eigenvalue weighted by molar-refractivity contribution is -0.137. The molecule has 1 aliphatic heterocycles. The average Bonchev–Trinajstić information content (AvgIpc) is 3.16. The number of hydrogen-bond donors (Lipinski definition) is 2. The van der Waals surface area contributed by atoms with E-state index in [1.165, 1.54) is 6.07 Å². The second kappa shape index (κ2) is 8.68. The third kappa shape index (κ3) is 4.87. The molecule has 2 aromatic rings. The first kappa shape index (κ1) is 21.5. The fraction of sp³-hybridized carbons (Fsp3) is 0.400. The fourth-order valence-electron chi connectivity index (χ4n) is 3.39. The normalized spacial score (nSPS) is 15.4. The predicted molar refractivity (Wildman–Crippen MR) is 110 cm³/mol. The summed E-state index contributed by atoms with van der Waals surface area (Å²) in [5.41, 5.74) is 10.4. The number of nitrogens with one attached hydrogen (secondary N) is 1. The van der Waals surface area contributed by atoms with Crippen molar-refractivity contribution in [3.05, 3.63) is 53.3 Å². The molecule has 10 heteroatoms. The first-order valence-electron chi connectivity index (χ1n) is 9.56. The molecule has 7 nitrogen and oxygen atoms in total. The molecule has 1 aliphatic rings. The first-order valence-corrected chi connectivity index (χ1v) is 9.56. The van der Waals surface area contributed by atoms with E-state index in [-0.39, 0.29) is 18.3 Å². The van der Waals surface area contributed by atoms with E-state index in [0.29, 0.717) is 37.4 Å². The molecule has 1 aromatic carbocycles. The Bertz CT molecular complexity index is 929. The minimum atomic E-state index is -4.40. The minimum absolute atomic E-state index is 0.0390. The number of anilines is 1. The molecule has 1 aromatic heterocycles. The molecule has 0 aliphatic carbocycles. The molecule has 2 heterocycles. The maximum atomic E-state index is 12.9. The lowest BCUT2D eigenvalue weighted by Gasteiger charge is -2.35. The zero-order valence-corrected chi connectivity index (χ0v) is 16.9. The van der Waals surface area contributed by atoms with Gasteiger partial charge in [-0.25, -0.2) is 0 Å². The smallest absolute Gasteiger partial charge is 0.382 e. The zero-order chi connectivity index (χ0) is 21.9. The highest BCUT2D eigenvalue weighted by Crippen LogP contribution is 2.29. The van der Waals surface area contributed by atoms with Crippen molar-refractivity contribution in [1.29, 1.82) is 0 Å². The Morgan fingerprint density at radius 1 is 1.20 bits per heavy atom. The standard InChI is InChI=1S/C20H25F3N6O/c1-14(30)27-6-8-28(9-7-27)17-11-18(29(13-17)25-2)19(24)26-12-15-4-3-5-16(10-15)20(21,22)23/h3-5,10-11,13,25H,6-9,12H2,1-2H3,(H2,24,26). The second-order valence-corrected chi connectivity index (χ2v) is 7.07. The number of benzene rings is 1. The van der Waals surface area contributed by atoms with Gasteiger partial charge >= 0.3 is 6.18 Å². The van der Waals surface area contributed by atoms with Crippen molar-refractivity contribution in [3.8, 4) is 0 Å². The van der Waals surface area contributed by atoms with E-state index >= 15 is 0 Å². The summed E-state index contributed by atoms with van der Waals surface area (Å²) in [6.07, 6.45) is -2.52. The highest BCUT2D eigenvalue weighted by atomic mass is 19.4. The molecule has 0 unspecified atom stereocenters. The number of piperazine rings is 1. The number of rotatable bonds is 5. The molecule has 1 saturated heterocycles. The van der Waals surface area contributed by atoms with Gasteiger partial charge in [0.1, 0.15) is 11.5 Å². The van der Waals surface area contributed by atoms with Gasteiger partial charge in [0.2, 0.25) is 5.91 Å². The Morgan fingerprint density at radius 2 is 1.90 bits per heavy atom. The fourth-order valence-corrected chi connectivity index (χ4v) is 3.39. The molecule has 3 rings (SSSR count). The van der Waals surface area contributed by atoms with Crippen molar-refractivity contribution in [1.82, 2.24) is 9.58 Å². The van der Waals surface area contributed by atoms with E-state index in [1.54, 1.807) is 29.6 Å². The van der Waals surface area contributed by atoms with Crippen LogP contribution in [0, 0.1) is 0 Å². The molecule has 0 atom stereocenters. The van der Waals surface area contributed by atoms with E-state index < -0.39 is 11.7 Å². The molecule has 162 valence electrons. The molecule has 30 heavy (non-hydrogen) atoms. The Kier molecular flexibility index (Phi) is 6.23. The van der Waals surface area contributed by atoms with Crippen LogP contribution in [0.2, 0.25) is 0 Å². The summed E-state index contributed by atoms with van der Waals surface area (Å²) in [6.45, 7) is 4.30. The van der Waals surface area contributed by atoms with Crippen molar-refractivity contribution in [3.63, 3.8) is 0 Å². The van der Waals surface area contributed by atoms with Gasteiger partial charge in [-0.1, -0.05) is 12.1 Å². The number of aliphatic imine (C=N–C) groups is 1. The molecule has 0 bridgehead atoms. The number of nitrogens with two attached hydrogens (primary N) is 1. The van der Waals surface area contributed by atoms with Gasteiger partial charge in [-0.2, -0.15) is 13.2 Å². The van der Waals surface area contributed by atoms with E-state index in [0.717, 1.165) is 17.8 Å². The number of alkyl halides is 3. The third-order valence-corrected chi connectivity index (χ3v) is 5.09. The Hall–Kier alpha value is -3.17. The number of aromatic nitrogens is 1. The molecule has 3 N–H and O–H groups in total. The maximum Gasteiger partial charge on any atom is 0.416 e. The number of carbonyl (C=O) groups is 1. The molecular formula is C20H25F3N6O. The maximum absolute atomic E-state index is 12.9. The van der Waals surface area contributed by atoms with Gasteiger partial charge in [-0.3, -0.25) is 14.5 Å². The molecule has 0 saturated carbocycles. The van der Waals surface area contributed by atoms with Gasteiger partial charge in [0.05, 0.1) is 24.0 Å². The molecule has 0 spiro atoms. The number of nitrogens with zero attached hydrogens (tertiary/aromatic N) is 4. The zero-order valence-electron chi connectivity index (χ0n) is 16.9. The number of halogens is 3. The third-order valence-electron chi connectivity index (χ3n) is 5.09. The summed E-state index contributed by atoms with van der Waals surface area (Å²) in [6, 6.07) is 6.93. The van der Waals surface area contributed by atoms with Crippen molar-refractivity contribution < 1.29 is 18.0 Å². The van der Waals surface area contributed by atoms with Crippen molar-refractivity contribution in [2.24, 2.45) is 10.7 Å². The summed E-state index contributed by atoms with van der Waals surface area (Å²) in [7, 11) is 1.74. The van der Waals surface area contributed by atoms with E-state index in [2.05, 4.69) is 15.3 Å². The lowest BCUT2D eigenvalue weighted by atomic mass is 10.1. The van der Waals surface area contributed by atoms with Gasteiger partial charge in [-0.15, -0.1) is 0 Å². The Balaban J connectivity index is 1.75. The van der Waals surface area contributed by atoms with Gasteiger partial charge in [-0.05, 0) is 23.8 Å². The van der Waals surface area contributed by atoms with Gasteiger partial charge in [0.25, 0.3) is 0 Å². The minimum Gasteiger partial charge on any atom is -0.382 e. The summed E-state index contributed by atoms with van der Waals surface area (Å²) in [4.78, 5) is 19.7. The number of hydrogen-bond acceptors (Lipinski definition) is 4. The Labute approximate surface area is 172 Å². The SMILES string of the molecule is CNn1cc(N2CCN(C(C)=O)CC2)cc1C(N)=NCc1cccc(C(F)(F)F)c1. The highest BCUT2D eigenvalue weighted by molar-refractivity contribution is 5.97. The lowest BCUT2D eigenvalue weighted by Crippen LogP contribution is -2.48. The van der Waals surface area contributed by atoms with E-state index in [9.17, 15) is 18.0 Å². The molecule has 0 radical (unpaired) electrons. The van der Waals surface area contributed by atoms with Gasteiger partial charge in [0, 0.05) is 40.2 Å². The predicted octanol–water partition coefficient (Wildman–Crippen LogP) is 2.25. The van der Waals surface area contributed by atoms with Crippen LogP contribution < -0.4 is 16.1 Å². The topological polar surface area (TPSA) is 78.9 Å². The van der Waals surface area contributed by atoms with Crippen LogP contribution in [-0.2, 0) is 17.5 Å². The average molecular weight is 422 g/mol. The van der Waals surface area contributed by atoms with Crippen molar-refractivity contribution >= 4 is 17.4 Å². The van der Waals surface area contributed by atoms with Crippen LogP contribution in [0.5, 0.6) is 0 Å². The van der Waals surface area contributed by atoms with Crippen molar-refractivity contribution in [2.45, 2.75) is 19.6 Å². The van der Waals surface area contributed by atoms with Crippen LogP contribution in [0.1, 0.15) is 23.7 Å². The van der Waals surface area contributed by atoms with Crippen LogP contribution in [0.3, 0.4) is 0 Å². The number of amidine groups is 1. The largest absolute Gasteiger partial charge is 0.416 e. The highest BCUT2D eigenvalue weighted by Gasteiger charge is 2.30. The molecular weight excluding hydrogens is 397 g/mol. The Morgan fingerprint density at radius 3 is 2.50 bits per heavy atom. The summed E-state index contributed by atoms with van der Waals surface area (Å²) >= 11 is 0. The quantitative estimate of drug-likeness (QED) is 0.572. The summed E-state index contributed by atoms with van der Waals surface area (Å²) in [5.74, 6) is 0.282. The number of carbonyl (C=O) groups excluding carboxylic acids is 1. The molecule has 1 amide bonds. The second-order valence-electron chi connectivity index (χ2n) is 7.07.